The van der Waals surface area contributed by atoms with Crippen LogP contribution >= 0.6 is 0 Å². The molecule has 0 unspecified atom stereocenters. The summed E-state index contributed by atoms with van der Waals surface area (Å²) in [6.07, 6.45) is 2.84. The molecule has 11 heavy (non-hydrogen) atoms. The summed E-state index contributed by atoms with van der Waals surface area (Å²) < 4.78 is 12.1. The Morgan fingerprint density at radius 2 is 2.36 bits per heavy atom. The molecular formula is C9H7FN. The third-order valence-electron chi connectivity index (χ3n) is 1.70. The van der Waals surface area contributed by atoms with Gasteiger partial charge in [-0.3, -0.25) is 0 Å². The zero-order chi connectivity index (χ0) is 7.68. The van der Waals surface area contributed by atoms with Crippen LogP contribution in [0.5, 0.6) is 0 Å². The minimum Gasteiger partial charge on any atom is -0.353 e. The Hall–Kier alpha value is -1.31. The third kappa shape index (κ3) is 1.00. The Kier molecular flexibility index (Phi) is 1.39. The largest absolute Gasteiger partial charge is 0.353 e. The molecule has 1 aromatic carbocycles. The van der Waals surface area contributed by atoms with Crippen molar-refractivity contribution in [3.8, 4) is 0 Å². The Balaban J connectivity index is 2.67. The first kappa shape index (κ1) is 6.40. The van der Waals surface area contributed by atoms with Crippen molar-refractivity contribution < 1.29 is 4.39 Å². The fourth-order valence-electron chi connectivity index (χ4n) is 1.12. The van der Waals surface area contributed by atoms with Crippen molar-refractivity contribution in [3.63, 3.8) is 0 Å². The number of halogens is 1. The molecule has 2 heteroatoms. The van der Waals surface area contributed by atoms with Gasteiger partial charge in [0.2, 0.25) is 0 Å². The molecule has 2 rings (SSSR count). The fraction of sp³-hybridized carbons (Fsp3) is 0.111. The average Bonchev–Trinajstić information content (AvgIpc) is 2.50. The topological polar surface area (TPSA) is 15.8 Å². The Morgan fingerprint density at radius 1 is 1.45 bits per heavy atom. The summed E-state index contributed by atoms with van der Waals surface area (Å²) in [7, 11) is 0. The highest BCUT2D eigenvalue weighted by molar-refractivity contribution is 5.79. The van der Waals surface area contributed by atoms with E-state index in [2.05, 4.69) is 11.2 Å². The van der Waals surface area contributed by atoms with E-state index < -0.39 is 6.67 Å². The lowest BCUT2D eigenvalue weighted by molar-refractivity contribution is 0.485. The molecule has 0 aliphatic carbocycles. The summed E-state index contributed by atoms with van der Waals surface area (Å²) >= 11 is 0. The number of benzene rings is 1. The number of aromatic amines is 1. The highest BCUT2D eigenvalue weighted by Gasteiger charge is 1.95. The molecular weight excluding hydrogens is 141 g/mol. The van der Waals surface area contributed by atoms with Crippen molar-refractivity contribution in [2.45, 2.75) is 6.67 Å². The summed E-state index contributed by atoms with van der Waals surface area (Å²) in [6, 6.07) is 7.27. The molecule has 0 bridgehead atoms. The predicted molar refractivity (Wildman–Crippen MR) is 41.9 cm³/mol. The standard InChI is InChI=1S/C9H7FN/c10-6-7-1-2-9-8(5-7)3-4-11-9/h1-3,5,11H,6H2. The first-order valence-corrected chi connectivity index (χ1v) is 3.44. The molecule has 0 aliphatic heterocycles. The summed E-state index contributed by atoms with van der Waals surface area (Å²) in [5, 5.41) is 1.01. The van der Waals surface area contributed by atoms with Crippen molar-refractivity contribution in [2.75, 3.05) is 0 Å². The van der Waals surface area contributed by atoms with Crippen LogP contribution in [0.15, 0.2) is 24.3 Å². The lowest BCUT2D eigenvalue weighted by atomic mass is 10.2. The van der Waals surface area contributed by atoms with Gasteiger partial charge in [0.25, 0.3) is 0 Å². The summed E-state index contributed by atoms with van der Waals surface area (Å²) in [6.45, 7) is -0.402. The van der Waals surface area contributed by atoms with Crippen molar-refractivity contribution >= 4 is 10.9 Å². The highest BCUT2D eigenvalue weighted by Crippen LogP contribution is 2.14. The van der Waals surface area contributed by atoms with Gasteiger partial charge < -0.3 is 4.98 Å². The number of H-pyrrole nitrogens is 1. The van der Waals surface area contributed by atoms with Crippen LogP contribution in [0, 0.1) is 6.20 Å². The average molecular weight is 148 g/mol. The smallest absolute Gasteiger partial charge is 0.115 e. The minimum absolute atomic E-state index is 0.402. The van der Waals surface area contributed by atoms with Crippen molar-refractivity contribution in [1.82, 2.24) is 4.98 Å². The minimum atomic E-state index is -0.402. The van der Waals surface area contributed by atoms with E-state index in [1.54, 1.807) is 6.07 Å². The summed E-state index contributed by atoms with van der Waals surface area (Å²) in [4.78, 5) is 2.92. The van der Waals surface area contributed by atoms with Gasteiger partial charge in [0, 0.05) is 10.9 Å². The van der Waals surface area contributed by atoms with E-state index in [0.29, 0.717) is 5.56 Å². The molecule has 1 nitrogen and oxygen atoms in total. The van der Waals surface area contributed by atoms with E-state index in [1.165, 1.54) is 0 Å². The van der Waals surface area contributed by atoms with E-state index in [-0.39, 0.29) is 0 Å². The van der Waals surface area contributed by atoms with Gasteiger partial charge in [0.1, 0.15) is 6.67 Å². The fourth-order valence-corrected chi connectivity index (χ4v) is 1.12. The second-order valence-electron chi connectivity index (χ2n) is 2.47. The first-order valence-electron chi connectivity index (χ1n) is 3.44. The van der Waals surface area contributed by atoms with Gasteiger partial charge in [-0.25, -0.2) is 4.39 Å². The van der Waals surface area contributed by atoms with Crippen LogP contribution in [0.1, 0.15) is 5.56 Å². The second-order valence-corrected chi connectivity index (χ2v) is 2.47. The van der Waals surface area contributed by atoms with Gasteiger partial charge >= 0.3 is 0 Å². The zero-order valence-corrected chi connectivity index (χ0v) is 5.89. The van der Waals surface area contributed by atoms with Crippen LogP contribution in [-0.4, -0.2) is 4.98 Å². The van der Waals surface area contributed by atoms with Crippen LogP contribution in [0.3, 0.4) is 0 Å². The number of alkyl halides is 1. The van der Waals surface area contributed by atoms with Crippen LogP contribution < -0.4 is 0 Å². The van der Waals surface area contributed by atoms with Gasteiger partial charge in [0.05, 0.1) is 6.20 Å². The van der Waals surface area contributed by atoms with Crippen molar-refractivity contribution in [1.29, 1.82) is 0 Å². The maximum Gasteiger partial charge on any atom is 0.115 e. The van der Waals surface area contributed by atoms with E-state index in [4.69, 9.17) is 0 Å². The third-order valence-corrected chi connectivity index (χ3v) is 1.70. The van der Waals surface area contributed by atoms with Crippen LogP contribution in [-0.2, 0) is 6.67 Å². The SMILES string of the molecule is FCc1ccc2[nH][c]cc2c1. The van der Waals surface area contributed by atoms with Crippen molar-refractivity contribution in [3.05, 3.63) is 36.0 Å². The van der Waals surface area contributed by atoms with E-state index in [0.717, 1.165) is 10.9 Å². The van der Waals surface area contributed by atoms with Crippen LogP contribution in [0.4, 0.5) is 4.39 Å². The lowest BCUT2D eigenvalue weighted by Crippen LogP contribution is -1.76. The molecule has 0 atom stereocenters. The quantitative estimate of drug-likeness (QED) is 0.639. The number of hydrogen-bond donors (Lipinski definition) is 1. The summed E-state index contributed by atoms with van der Waals surface area (Å²) in [5.74, 6) is 0. The maximum absolute atomic E-state index is 12.1. The van der Waals surface area contributed by atoms with E-state index in [9.17, 15) is 4.39 Å². The normalized spacial score (nSPS) is 10.6. The Morgan fingerprint density at radius 3 is 3.18 bits per heavy atom. The Bertz CT molecular complexity index is 364. The van der Waals surface area contributed by atoms with Crippen LogP contribution in [0.25, 0.3) is 10.9 Å². The molecule has 1 aromatic heterocycles. The maximum atomic E-state index is 12.1. The molecule has 0 saturated heterocycles. The van der Waals surface area contributed by atoms with Crippen LogP contribution in [0.2, 0.25) is 0 Å². The molecule has 0 spiro atoms. The van der Waals surface area contributed by atoms with Gasteiger partial charge in [-0.05, 0) is 23.8 Å². The number of fused-ring (bicyclic) bond motifs is 1. The van der Waals surface area contributed by atoms with Gasteiger partial charge in [-0.1, -0.05) is 6.07 Å². The zero-order valence-electron chi connectivity index (χ0n) is 5.89. The molecule has 1 heterocycles. The first-order chi connectivity index (χ1) is 5.40. The number of hydrogen-bond acceptors (Lipinski definition) is 0. The van der Waals surface area contributed by atoms with Gasteiger partial charge in [-0.2, -0.15) is 0 Å². The van der Waals surface area contributed by atoms with Gasteiger partial charge in [-0.15, -0.1) is 0 Å². The monoisotopic (exact) mass is 148 g/mol. The lowest BCUT2D eigenvalue weighted by Gasteiger charge is -1.93. The molecule has 0 fully saturated rings. The molecule has 1 N–H and O–H groups in total. The van der Waals surface area contributed by atoms with E-state index >= 15 is 0 Å². The predicted octanol–water partition coefficient (Wildman–Crippen LogP) is 2.44. The van der Waals surface area contributed by atoms with E-state index in [1.807, 2.05) is 18.2 Å². The summed E-state index contributed by atoms with van der Waals surface area (Å²) in [5.41, 5.74) is 1.72. The molecule has 0 aliphatic rings. The number of nitrogens with one attached hydrogen (secondary N) is 1. The van der Waals surface area contributed by atoms with Crippen molar-refractivity contribution in [2.24, 2.45) is 0 Å². The second kappa shape index (κ2) is 2.38. The molecule has 0 saturated carbocycles. The number of rotatable bonds is 1. The highest BCUT2D eigenvalue weighted by atomic mass is 19.1. The molecule has 0 amide bonds. The Labute approximate surface area is 63.9 Å². The molecule has 2 aromatic rings. The number of aromatic nitrogens is 1. The van der Waals surface area contributed by atoms with Gasteiger partial charge in [0.15, 0.2) is 0 Å². The molecule has 55 valence electrons. The molecule has 1 radical (unpaired) electrons.